The summed E-state index contributed by atoms with van der Waals surface area (Å²) < 4.78 is 49.8. The van der Waals surface area contributed by atoms with E-state index < -0.39 is 38.0 Å². The first-order valence-electron chi connectivity index (χ1n) is 6.55. The number of nitrogens with zero attached hydrogens (tertiary/aromatic N) is 1. The number of carbonyl (C=O) groups excluding carboxylic acids is 1. The lowest BCUT2D eigenvalue weighted by Crippen LogP contribution is -2.30. The third kappa shape index (κ3) is 3.21. The van der Waals surface area contributed by atoms with Crippen LogP contribution < -0.4 is 5.14 Å². The Morgan fingerprint density at radius 2 is 2.10 bits per heavy atom. The van der Waals surface area contributed by atoms with E-state index in [0.29, 0.717) is 25.1 Å². The third-order valence-electron chi connectivity index (χ3n) is 3.71. The summed E-state index contributed by atoms with van der Waals surface area (Å²) in [5.41, 5.74) is -0.601. The molecule has 0 aliphatic carbocycles. The second kappa shape index (κ2) is 5.69. The molecule has 0 saturated carbocycles. The summed E-state index contributed by atoms with van der Waals surface area (Å²) >= 11 is 0. The Labute approximate surface area is 121 Å². The number of carbonyl (C=O) groups is 1. The van der Waals surface area contributed by atoms with Crippen molar-refractivity contribution in [2.24, 2.45) is 11.1 Å². The van der Waals surface area contributed by atoms with Gasteiger partial charge in [0.05, 0.1) is 10.5 Å². The summed E-state index contributed by atoms with van der Waals surface area (Å²) in [6.07, 6.45) is 1.68. The quantitative estimate of drug-likeness (QED) is 0.917. The molecule has 1 aliphatic heterocycles. The van der Waals surface area contributed by atoms with Crippen molar-refractivity contribution in [3.05, 3.63) is 29.3 Å². The van der Waals surface area contributed by atoms with Gasteiger partial charge in [0.1, 0.15) is 0 Å². The van der Waals surface area contributed by atoms with Crippen LogP contribution in [0.2, 0.25) is 0 Å². The van der Waals surface area contributed by atoms with Crippen molar-refractivity contribution in [3.8, 4) is 0 Å². The maximum absolute atomic E-state index is 13.8. The van der Waals surface area contributed by atoms with Crippen molar-refractivity contribution >= 4 is 15.9 Å². The highest BCUT2D eigenvalue weighted by Gasteiger charge is 2.29. The highest BCUT2D eigenvalue weighted by molar-refractivity contribution is 7.89. The molecule has 21 heavy (non-hydrogen) atoms. The molecule has 2 N–H and O–H groups in total. The topological polar surface area (TPSA) is 80.5 Å². The number of halogens is 2. The molecule has 1 atom stereocenters. The molecule has 8 heteroatoms. The van der Waals surface area contributed by atoms with Crippen molar-refractivity contribution in [3.63, 3.8) is 0 Å². The van der Waals surface area contributed by atoms with Crippen LogP contribution in [0, 0.1) is 17.6 Å². The van der Waals surface area contributed by atoms with Crippen LogP contribution >= 0.6 is 0 Å². The Morgan fingerprint density at radius 1 is 1.43 bits per heavy atom. The van der Waals surface area contributed by atoms with Crippen LogP contribution in [-0.2, 0) is 10.0 Å². The summed E-state index contributed by atoms with van der Waals surface area (Å²) in [5.74, 6) is -3.15. The van der Waals surface area contributed by atoms with Crippen LogP contribution in [0.25, 0.3) is 0 Å². The number of amides is 1. The maximum Gasteiger partial charge on any atom is 0.256 e. The molecule has 1 aromatic rings. The van der Waals surface area contributed by atoms with Crippen molar-refractivity contribution in [1.29, 1.82) is 0 Å². The predicted octanol–water partition coefficient (Wildman–Crippen LogP) is 1.48. The van der Waals surface area contributed by atoms with E-state index in [1.165, 1.54) is 4.90 Å². The standard InChI is InChI=1S/C13H16F2N2O3S/c1-2-8-3-4-17(7-8)13(18)10-5-9(21(16,19)20)6-11(14)12(10)15/h5-6,8H,2-4,7H2,1H3,(H2,16,19,20). The summed E-state index contributed by atoms with van der Waals surface area (Å²) in [6.45, 7) is 2.88. The monoisotopic (exact) mass is 318 g/mol. The fourth-order valence-corrected chi connectivity index (χ4v) is 2.95. The molecule has 1 saturated heterocycles. The van der Waals surface area contributed by atoms with Gasteiger partial charge in [0.2, 0.25) is 10.0 Å². The molecule has 0 spiro atoms. The molecule has 1 unspecified atom stereocenters. The Kier molecular flexibility index (Phi) is 4.29. The first kappa shape index (κ1) is 15.8. The summed E-state index contributed by atoms with van der Waals surface area (Å²) in [6, 6.07) is 1.26. The number of primary sulfonamides is 1. The molecule has 2 rings (SSSR count). The van der Waals surface area contributed by atoms with Gasteiger partial charge in [-0.3, -0.25) is 4.79 Å². The van der Waals surface area contributed by atoms with Gasteiger partial charge in [-0.25, -0.2) is 22.3 Å². The highest BCUT2D eigenvalue weighted by Crippen LogP contribution is 2.24. The van der Waals surface area contributed by atoms with Crippen molar-refractivity contribution in [2.75, 3.05) is 13.1 Å². The molecule has 1 aliphatic rings. The summed E-state index contributed by atoms with van der Waals surface area (Å²) in [4.78, 5) is 13.0. The highest BCUT2D eigenvalue weighted by atomic mass is 32.2. The van der Waals surface area contributed by atoms with Gasteiger partial charge in [-0.05, 0) is 24.5 Å². The summed E-state index contributed by atoms with van der Waals surface area (Å²) in [5, 5.41) is 4.90. The Bertz CT molecular complexity index is 676. The molecule has 0 bridgehead atoms. The van der Waals surface area contributed by atoms with Gasteiger partial charge in [-0.2, -0.15) is 0 Å². The van der Waals surface area contributed by atoms with Gasteiger partial charge < -0.3 is 4.90 Å². The van der Waals surface area contributed by atoms with Crippen molar-refractivity contribution in [1.82, 2.24) is 4.90 Å². The normalized spacial score (nSPS) is 19.0. The Morgan fingerprint density at radius 3 is 2.62 bits per heavy atom. The van der Waals surface area contributed by atoms with Crippen LogP contribution in [0.3, 0.4) is 0 Å². The molecule has 5 nitrogen and oxygen atoms in total. The Balaban J connectivity index is 2.39. The second-order valence-electron chi connectivity index (χ2n) is 5.13. The first-order chi connectivity index (χ1) is 9.74. The van der Waals surface area contributed by atoms with E-state index in [1.54, 1.807) is 0 Å². The van der Waals surface area contributed by atoms with Crippen molar-refractivity contribution in [2.45, 2.75) is 24.7 Å². The zero-order chi connectivity index (χ0) is 15.8. The van der Waals surface area contributed by atoms with Crippen LogP contribution in [0.15, 0.2) is 17.0 Å². The van der Waals surface area contributed by atoms with Crippen molar-refractivity contribution < 1.29 is 22.0 Å². The number of sulfonamides is 1. The first-order valence-corrected chi connectivity index (χ1v) is 8.09. The average molecular weight is 318 g/mol. The molecule has 0 aromatic heterocycles. The number of likely N-dealkylation sites (tertiary alicyclic amines) is 1. The van der Waals surface area contributed by atoms with E-state index in [4.69, 9.17) is 5.14 Å². The van der Waals surface area contributed by atoms with Crippen LogP contribution in [-0.4, -0.2) is 32.3 Å². The van der Waals surface area contributed by atoms with Gasteiger partial charge in [-0.1, -0.05) is 13.3 Å². The fraction of sp³-hybridized carbons (Fsp3) is 0.462. The van der Waals surface area contributed by atoms with E-state index in [2.05, 4.69) is 0 Å². The van der Waals surface area contributed by atoms with E-state index in [1.807, 2.05) is 6.92 Å². The van der Waals surface area contributed by atoms with Gasteiger partial charge >= 0.3 is 0 Å². The maximum atomic E-state index is 13.8. The molecule has 1 aromatic carbocycles. The lowest BCUT2D eigenvalue weighted by molar-refractivity contribution is 0.0781. The second-order valence-corrected chi connectivity index (χ2v) is 6.69. The lowest BCUT2D eigenvalue weighted by Gasteiger charge is -2.17. The Hall–Kier alpha value is -1.54. The number of hydrogen-bond donors (Lipinski definition) is 1. The van der Waals surface area contributed by atoms with Gasteiger partial charge in [-0.15, -0.1) is 0 Å². The van der Waals surface area contributed by atoms with Gasteiger partial charge in [0.25, 0.3) is 5.91 Å². The summed E-state index contributed by atoms with van der Waals surface area (Å²) in [7, 11) is -4.21. The lowest BCUT2D eigenvalue weighted by atomic mass is 10.1. The molecule has 1 heterocycles. The minimum Gasteiger partial charge on any atom is -0.338 e. The van der Waals surface area contributed by atoms with Crippen LogP contribution in [0.5, 0.6) is 0 Å². The molecular formula is C13H16F2N2O3S. The SMILES string of the molecule is CCC1CCN(C(=O)c2cc(S(N)(=O)=O)cc(F)c2F)C1. The van der Waals surface area contributed by atoms with E-state index >= 15 is 0 Å². The number of benzene rings is 1. The minimum atomic E-state index is -4.21. The fourth-order valence-electron chi connectivity index (χ4n) is 2.40. The predicted molar refractivity (Wildman–Crippen MR) is 72.0 cm³/mol. The minimum absolute atomic E-state index is 0.322. The average Bonchev–Trinajstić information content (AvgIpc) is 2.88. The molecule has 1 fully saturated rings. The zero-order valence-electron chi connectivity index (χ0n) is 11.5. The molecular weight excluding hydrogens is 302 g/mol. The largest absolute Gasteiger partial charge is 0.338 e. The van der Waals surface area contributed by atoms with E-state index in [-0.39, 0.29) is 0 Å². The van der Waals surface area contributed by atoms with E-state index in [0.717, 1.165) is 18.9 Å². The van der Waals surface area contributed by atoms with Gasteiger partial charge in [0.15, 0.2) is 11.6 Å². The van der Waals surface area contributed by atoms with Crippen LogP contribution in [0.4, 0.5) is 8.78 Å². The molecule has 1 amide bonds. The molecule has 116 valence electrons. The van der Waals surface area contributed by atoms with E-state index in [9.17, 15) is 22.0 Å². The third-order valence-corrected chi connectivity index (χ3v) is 4.60. The smallest absolute Gasteiger partial charge is 0.256 e. The number of hydrogen-bond acceptors (Lipinski definition) is 3. The van der Waals surface area contributed by atoms with Crippen LogP contribution in [0.1, 0.15) is 30.1 Å². The zero-order valence-corrected chi connectivity index (χ0v) is 12.3. The number of rotatable bonds is 3. The molecule has 0 radical (unpaired) electrons. The van der Waals surface area contributed by atoms with Gasteiger partial charge in [0, 0.05) is 13.1 Å². The number of nitrogens with two attached hydrogens (primary N) is 1.